The van der Waals surface area contributed by atoms with Crippen LogP contribution in [0.25, 0.3) is 0 Å². The Morgan fingerprint density at radius 1 is 0.919 bits per heavy atom. The quantitative estimate of drug-likeness (QED) is 0.526. The Morgan fingerprint density at radius 2 is 1.54 bits per heavy atom. The van der Waals surface area contributed by atoms with Gasteiger partial charge >= 0.3 is 0 Å². The normalized spacial score (nSPS) is 20.4. The molecule has 198 valence electrons. The smallest absolute Gasteiger partial charge is 0.254 e. The van der Waals surface area contributed by atoms with Crippen LogP contribution in [0.1, 0.15) is 60.9 Å². The van der Waals surface area contributed by atoms with Crippen molar-refractivity contribution < 1.29 is 14.3 Å². The molecule has 3 fully saturated rings. The molecule has 0 aromatic heterocycles. The summed E-state index contributed by atoms with van der Waals surface area (Å²) in [5.41, 5.74) is 2.46. The van der Waals surface area contributed by atoms with Crippen molar-refractivity contribution in [1.29, 1.82) is 0 Å². The summed E-state index contributed by atoms with van der Waals surface area (Å²) in [5.74, 6) is 0.230. The van der Waals surface area contributed by atoms with Gasteiger partial charge in [-0.2, -0.15) is 0 Å². The van der Waals surface area contributed by atoms with Crippen molar-refractivity contribution in [2.45, 2.75) is 62.6 Å². The number of piperidine rings is 2. The Balaban J connectivity index is 1.10. The molecule has 3 aliphatic rings. The molecule has 2 aliphatic heterocycles. The van der Waals surface area contributed by atoms with Crippen molar-refractivity contribution in [3.05, 3.63) is 64.7 Å². The number of rotatable bonds is 6. The summed E-state index contributed by atoms with van der Waals surface area (Å²) in [5, 5.41) is 0.492. The summed E-state index contributed by atoms with van der Waals surface area (Å²) in [6.07, 6.45) is 7.27. The highest BCUT2D eigenvalue weighted by Gasteiger charge is 2.48. The molecule has 2 aromatic carbocycles. The Labute approximate surface area is 225 Å². The van der Waals surface area contributed by atoms with E-state index < -0.39 is 0 Å². The largest absolute Gasteiger partial charge is 0.375 e. The number of halogens is 1. The van der Waals surface area contributed by atoms with E-state index in [1.54, 1.807) is 19.0 Å². The van der Waals surface area contributed by atoms with Gasteiger partial charge in [-0.05, 0) is 62.3 Å². The Hall–Kier alpha value is -2.57. The lowest BCUT2D eigenvalue weighted by Gasteiger charge is -2.46. The lowest BCUT2D eigenvalue weighted by Crippen LogP contribution is -2.53. The van der Waals surface area contributed by atoms with Crippen LogP contribution in [0.5, 0.6) is 0 Å². The van der Waals surface area contributed by atoms with Gasteiger partial charge in [-0.3, -0.25) is 9.59 Å². The fourth-order valence-electron chi connectivity index (χ4n) is 6.05. The van der Waals surface area contributed by atoms with Gasteiger partial charge < -0.3 is 19.4 Å². The predicted octanol–water partition coefficient (Wildman–Crippen LogP) is 5.14. The van der Waals surface area contributed by atoms with Gasteiger partial charge in [-0.25, -0.2) is 0 Å². The SMILES string of the molecule is CN(C)C(=O)c1ccc(N2CCC(OC3CCN(C(=O)C4(c5ccccc5)CCC4)CC3)CC2)cc1Cl. The molecule has 0 atom stereocenters. The minimum Gasteiger partial charge on any atom is -0.375 e. The van der Waals surface area contributed by atoms with Crippen LogP contribution in [0, 0.1) is 0 Å². The fourth-order valence-corrected chi connectivity index (χ4v) is 6.30. The van der Waals surface area contributed by atoms with Gasteiger partial charge in [0.25, 0.3) is 5.91 Å². The van der Waals surface area contributed by atoms with Gasteiger partial charge in [0.15, 0.2) is 0 Å². The van der Waals surface area contributed by atoms with E-state index in [1.165, 1.54) is 5.56 Å². The highest BCUT2D eigenvalue weighted by Crippen LogP contribution is 2.45. The number of benzene rings is 2. The second kappa shape index (κ2) is 11.0. The molecule has 2 saturated heterocycles. The molecule has 2 aromatic rings. The maximum Gasteiger partial charge on any atom is 0.254 e. The zero-order valence-corrected chi connectivity index (χ0v) is 22.8. The summed E-state index contributed by atoms with van der Waals surface area (Å²) in [7, 11) is 3.46. The van der Waals surface area contributed by atoms with Crippen LogP contribution in [-0.4, -0.2) is 74.1 Å². The third-order valence-corrected chi connectivity index (χ3v) is 8.77. The topological polar surface area (TPSA) is 53.1 Å². The first-order valence-electron chi connectivity index (χ1n) is 13.6. The van der Waals surface area contributed by atoms with E-state index in [-0.39, 0.29) is 23.5 Å². The van der Waals surface area contributed by atoms with Crippen molar-refractivity contribution >= 4 is 29.1 Å². The molecular weight excluding hydrogens is 486 g/mol. The first-order chi connectivity index (χ1) is 17.9. The maximum atomic E-state index is 13.5. The second-order valence-corrected chi connectivity index (χ2v) is 11.4. The fraction of sp³-hybridized carbons (Fsp3) is 0.533. The number of hydrogen-bond donors (Lipinski definition) is 0. The van der Waals surface area contributed by atoms with Crippen LogP contribution in [0.2, 0.25) is 5.02 Å². The number of carbonyl (C=O) groups is 2. The minimum atomic E-state index is -0.303. The molecule has 0 N–H and O–H groups in total. The van der Waals surface area contributed by atoms with E-state index in [1.807, 2.05) is 36.4 Å². The van der Waals surface area contributed by atoms with Crippen molar-refractivity contribution in [1.82, 2.24) is 9.80 Å². The molecular formula is C30H38ClN3O3. The van der Waals surface area contributed by atoms with Crippen LogP contribution in [0.3, 0.4) is 0 Å². The van der Waals surface area contributed by atoms with Gasteiger partial charge in [0, 0.05) is 46.0 Å². The third kappa shape index (κ3) is 5.37. The number of amides is 2. The molecule has 6 nitrogen and oxygen atoms in total. The average Bonchev–Trinajstić information content (AvgIpc) is 2.89. The number of hydrogen-bond acceptors (Lipinski definition) is 4. The van der Waals surface area contributed by atoms with Crippen LogP contribution < -0.4 is 4.90 Å². The van der Waals surface area contributed by atoms with E-state index in [4.69, 9.17) is 16.3 Å². The Kier molecular flexibility index (Phi) is 7.77. The van der Waals surface area contributed by atoms with Crippen molar-refractivity contribution in [2.24, 2.45) is 0 Å². The molecule has 0 spiro atoms. The van der Waals surface area contributed by atoms with Crippen LogP contribution in [-0.2, 0) is 14.9 Å². The molecule has 0 radical (unpaired) electrons. The van der Waals surface area contributed by atoms with Crippen molar-refractivity contribution in [3.8, 4) is 0 Å². The first-order valence-corrected chi connectivity index (χ1v) is 14.0. The molecule has 5 rings (SSSR count). The van der Waals surface area contributed by atoms with Crippen molar-refractivity contribution in [2.75, 3.05) is 45.2 Å². The first kappa shape index (κ1) is 26.1. The average molecular weight is 524 g/mol. The zero-order valence-electron chi connectivity index (χ0n) is 22.0. The van der Waals surface area contributed by atoms with Gasteiger partial charge in [0.05, 0.1) is 28.2 Å². The zero-order chi connectivity index (χ0) is 26.0. The van der Waals surface area contributed by atoms with Gasteiger partial charge in [-0.15, -0.1) is 0 Å². The summed E-state index contributed by atoms with van der Waals surface area (Å²) in [6.45, 7) is 3.37. The Morgan fingerprint density at radius 3 is 2.08 bits per heavy atom. The maximum absolute atomic E-state index is 13.5. The molecule has 0 bridgehead atoms. The second-order valence-electron chi connectivity index (χ2n) is 11.0. The van der Waals surface area contributed by atoms with E-state index in [0.29, 0.717) is 16.5 Å². The number of ether oxygens (including phenoxy) is 1. The van der Waals surface area contributed by atoms with Crippen LogP contribution >= 0.6 is 11.6 Å². The minimum absolute atomic E-state index is 0.0840. The monoisotopic (exact) mass is 523 g/mol. The van der Waals surface area contributed by atoms with Crippen molar-refractivity contribution in [3.63, 3.8) is 0 Å². The number of anilines is 1. The summed E-state index contributed by atoms with van der Waals surface area (Å²) < 4.78 is 6.51. The van der Waals surface area contributed by atoms with Crippen LogP contribution in [0.4, 0.5) is 5.69 Å². The predicted molar refractivity (Wildman–Crippen MR) is 147 cm³/mol. The molecule has 2 amide bonds. The van der Waals surface area contributed by atoms with Gasteiger partial charge in [0.2, 0.25) is 5.91 Å². The summed E-state index contributed by atoms with van der Waals surface area (Å²) in [4.78, 5) is 31.7. The summed E-state index contributed by atoms with van der Waals surface area (Å²) >= 11 is 6.43. The highest BCUT2D eigenvalue weighted by atomic mass is 35.5. The summed E-state index contributed by atoms with van der Waals surface area (Å²) in [6, 6.07) is 16.1. The van der Waals surface area contributed by atoms with E-state index in [0.717, 1.165) is 76.8 Å². The van der Waals surface area contributed by atoms with Gasteiger partial charge in [0.1, 0.15) is 0 Å². The van der Waals surface area contributed by atoms with E-state index in [2.05, 4.69) is 21.9 Å². The van der Waals surface area contributed by atoms with E-state index >= 15 is 0 Å². The van der Waals surface area contributed by atoms with Crippen LogP contribution in [0.15, 0.2) is 48.5 Å². The highest BCUT2D eigenvalue weighted by molar-refractivity contribution is 6.34. The number of carbonyl (C=O) groups excluding carboxylic acids is 2. The molecule has 0 unspecified atom stereocenters. The lowest BCUT2D eigenvalue weighted by molar-refractivity contribution is -0.144. The number of likely N-dealkylation sites (tertiary alicyclic amines) is 1. The molecule has 7 heteroatoms. The Bertz CT molecular complexity index is 1100. The molecule has 1 saturated carbocycles. The van der Waals surface area contributed by atoms with Gasteiger partial charge in [-0.1, -0.05) is 48.4 Å². The number of nitrogens with zero attached hydrogens (tertiary/aromatic N) is 3. The standard InChI is InChI=1S/C30H38ClN3O3/c1-32(2)28(35)26-10-9-23(21-27(26)31)33-17-11-24(12-18-33)37-25-13-19-34(20-14-25)29(36)30(15-6-16-30)22-7-4-3-5-8-22/h3-5,7-10,21,24-25H,6,11-20H2,1-2H3. The lowest BCUT2D eigenvalue weighted by atomic mass is 9.63. The molecule has 2 heterocycles. The molecule has 1 aliphatic carbocycles. The third-order valence-electron chi connectivity index (χ3n) is 8.45. The molecule has 37 heavy (non-hydrogen) atoms. The van der Waals surface area contributed by atoms with E-state index in [9.17, 15) is 9.59 Å².